The summed E-state index contributed by atoms with van der Waals surface area (Å²) in [6, 6.07) is 6.85. The van der Waals surface area contributed by atoms with Crippen LogP contribution < -0.4 is 14.8 Å². The molecule has 1 aromatic rings. The van der Waals surface area contributed by atoms with Gasteiger partial charge in [-0.2, -0.15) is 0 Å². The Bertz CT molecular complexity index is 459. The summed E-state index contributed by atoms with van der Waals surface area (Å²) < 4.78 is 15.2. The van der Waals surface area contributed by atoms with E-state index in [2.05, 4.69) is 5.32 Å². The van der Waals surface area contributed by atoms with Crippen molar-refractivity contribution < 1.29 is 28.9 Å². The highest BCUT2D eigenvalue weighted by Crippen LogP contribution is 2.17. The second kappa shape index (κ2) is 8.80. The molecule has 1 aromatic carbocycles. The Morgan fingerprint density at radius 3 is 2.24 bits per heavy atom. The Hall–Kier alpha value is -2.28. The van der Waals surface area contributed by atoms with Gasteiger partial charge in [0.1, 0.15) is 11.5 Å². The van der Waals surface area contributed by atoms with Gasteiger partial charge in [0.25, 0.3) is 5.91 Å². The highest BCUT2D eigenvalue weighted by molar-refractivity contribution is 5.79. The molecule has 0 saturated carbocycles. The Morgan fingerprint density at radius 1 is 1.19 bits per heavy atom. The second-order valence-electron chi connectivity index (χ2n) is 4.06. The van der Waals surface area contributed by atoms with Crippen LogP contribution in [0.5, 0.6) is 11.5 Å². The number of carbonyl (C=O) groups excluding carboxylic acids is 1. The van der Waals surface area contributed by atoms with Gasteiger partial charge >= 0.3 is 5.97 Å². The number of rotatable bonds is 9. The lowest BCUT2D eigenvalue weighted by atomic mass is 10.3. The number of carbonyl (C=O) groups is 2. The first-order valence-electron chi connectivity index (χ1n) is 6.44. The number of amides is 1. The van der Waals surface area contributed by atoms with E-state index in [1.54, 1.807) is 24.3 Å². The van der Waals surface area contributed by atoms with Crippen LogP contribution in [-0.2, 0) is 14.3 Å². The first kappa shape index (κ1) is 16.8. The third kappa shape index (κ3) is 6.13. The molecule has 0 fully saturated rings. The SMILES string of the molecule is CCOc1ccc(OCC(=O)NCC(OC)C(=O)O)cc1. The van der Waals surface area contributed by atoms with Crippen LogP contribution >= 0.6 is 0 Å². The van der Waals surface area contributed by atoms with Crippen molar-refractivity contribution in [3.05, 3.63) is 24.3 Å². The van der Waals surface area contributed by atoms with Crippen molar-refractivity contribution in [1.29, 1.82) is 0 Å². The topological polar surface area (TPSA) is 94.1 Å². The van der Waals surface area contributed by atoms with Crippen LogP contribution in [0.25, 0.3) is 0 Å². The maximum Gasteiger partial charge on any atom is 0.334 e. The summed E-state index contributed by atoms with van der Waals surface area (Å²) in [5.41, 5.74) is 0. The highest BCUT2D eigenvalue weighted by Gasteiger charge is 2.17. The van der Waals surface area contributed by atoms with E-state index in [4.69, 9.17) is 19.3 Å². The van der Waals surface area contributed by atoms with E-state index < -0.39 is 18.0 Å². The lowest BCUT2D eigenvalue weighted by Crippen LogP contribution is -2.39. The zero-order valence-corrected chi connectivity index (χ0v) is 12.0. The molecule has 21 heavy (non-hydrogen) atoms. The third-order valence-corrected chi connectivity index (χ3v) is 2.55. The van der Waals surface area contributed by atoms with Crippen molar-refractivity contribution in [3.63, 3.8) is 0 Å². The maximum atomic E-state index is 11.5. The number of carboxylic acid groups (broad SMARTS) is 1. The molecule has 1 amide bonds. The molecule has 0 aliphatic carbocycles. The van der Waals surface area contributed by atoms with E-state index in [9.17, 15) is 9.59 Å². The largest absolute Gasteiger partial charge is 0.494 e. The Balaban J connectivity index is 2.34. The lowest BCUT2D eigenvalue weighted by Gasteiger charge is -2.12. The molecule has 116 valence electrons. The smallest absolute Gasteiger partial charge is 0.334 e. The van der Waals surface area contributed by atoms with Gasteiger partial charge in [-0.1, -0.05) is 0 Å². The fourth-order valence-electron chi connectivity index (χ4n) is 1.48. The van der Waals surface area contributed by atoms with Crippen LogP contribution in [-0.4, -0.2) is 50.0 Å². The first-order valence-corrected chi connectivity index (χ1v) is 6.44. The molecule has 1 rings (SSSR count). The Kier molecular flexibility index (Phi) is 7.03. The standard InChI is InChI=1S/C14H19NO6/c1-3-20-10-4-6-11(7-5-10)21-9-13(16)15-8-12(19-2)14(17)18/h4-7,12H,3,8-9H2,1-2H3,(H,15,16)(H,17,18). The van der Waals surface area contributed by atoms with Gasteiger partial charge in [-0.05, 0) is 31.2 Å². The van der Waals surface area contributed by atoms with Crippen LogP contribution in [0.2, 0.25) is 0 Å². The molecule has 2 N–H and O–H groups in total. The molecule has 1 unspecified atom stereocenters. The summed E-state index contributed by atoms with van der Waals surface area (Å²) in [6.45, 7) is 2.15. The molecule has 0 aromatic heterocycles. The minimum absolute atomic E-state index is 0.114. The number of ether oxygens (including phenoxy) is 3. The summed E-state index contributed by atoms with van der Waals surface area (Å²) in [6.07, 6.45) is -1.07. The van der Waals surface area contributed by atoms with Gasteiger partial charge in [-0.15, -0.1) is 0 Å². The van der Waals surface area contributed by atoms with Gasteiger partial charge in [0.05, 0.1) is 13.2 Å². The Morgan fingerprint density at radius 2 is 1.76 bits per heavy atom. The molecule has 0 saturated heterocycles. The van der Waals surface area contributed by atoms with Crippen molar-refractivity contribution in [2.75, 3.05) is 26.9 Å². The number of aliphatic carboxylic acids is 1. The molecular formula is C14H19NO6. The fourth-order valence-corrected chi connectivity index (χ4v) is 1.48. The fraction of sp³-hybridized carbons (Fsp3) is 0.429. The third-order valence-electron chi connectivity index (χ3n) is 2.55. The number of hydrogen-bond donors (Lipinski definition) is 2. The van der Waals surface area contributed by atoms with Crippen molar-refractivity contribution in [3.8, 4) is 11.5 Å². The minimum Gasteiger partial charge on any atom is -0.494 e. The van der Waals surface area contributed by atoms with E-state index >= 15 is 0 Å². The normalized spacial score (nSPS) is 11.5. The van der Waals surface area contributed by atoms with Crippen molar-refractivity contribution in [2.24, 2.45) is 0 Å². The average molecular weight is 297 g/mol. The van der Waals surface area contributed by atoms with Crippen molar-refractivity contribution >= 4 is 11.9 Å². The highest BCUT2D eigenvalue weighted by atomic mass is 16.5. The molecule has 0 aliphatic heterocycles. The summed E-state index contributed by atoms with van der Waals surface area (Å²) in [5, 5.41) is 11.2. The quantitative estimate of drug-likeness (QED) is 0.696. The summed E-state index contributed by atoms with van der Waals surface area (Å²) in [7, 11) is 1.27. The van der Waals surface area contributed by atoms with Crippen LogP contribution in [0.3, 0.4) is 0 Å². The number of hydrogen-bond acceptors (Lipinski definition) is 5. The number of benzene rings is 1. The van der Waals surface area contributed by atoms with Crippen LogP contribution in [0, 0.1) is 0 Å². The van der Waals surface area contributed by atoms with Gasteiger partial charge in [-0.25, -0.2) is 4.79 Å². The zero-order chi connectivity index (χ0) is 15.7. The van der Waals surface area contributed by atoms with E-state index in [1.165, 1.54) is 7.11 Å². The van der Waals surface area contributed by atoms with E-state index in [0.29, 0.717) is 12.4 Å². The maximum absolute atomic E-state index is 11.5. The monoisotopic (exact) mass is 297 g/mol. The molecule has 7 nitrogen and oxygen atoms in total. The number of nitrogens with one attached hydrogen (secondary N) is 1. The minimum atomic E-state index is -1.13. The predicted octanol–water partition coefficient (Wildman–Crippen LogP) is 0.680. The van der Waals surface area contributed by atoms with Gasteiger partial charge < -0.3 is 24.6 Å². The summed E-state index contributed by atoms with van der Waals surface area (Å²) in [5.74, 6) is -0.314. The van der Waals surface area contributed by atoms with Gasteiger partial charge in [0, 0.05) is 7.11 Å². The second-order valence-corrected chi connectivity index (χ2v) is 4.06. The predicted molar refractivity (Wildman–Crippen MR) is 74.5 cm³/mol. The van der Waals surface area contributed by atoms with Gasteiger partial charge in [0.15, 0.2) is 12.7 Å². The molecule has 7 heteroatoms. The zero-order valence-electron chi connectivity index (χ0n) is 12.0. The van der Waals surface area contributed by atoms with E-state index in [-0.39, 0.29) is 13.2 Å². The number of carboxylic acids is 1. The molecule has 0 bridgehead atoms. The van der Waals surface area contributed by atoms with Gasteiger partial charge in [-0.3, -0.25) is 4.79 Å². The molecule has 0 radical (unpaired) electrons. The van der Waals surface area contributed by atoms with Crippen molar-refractivity contribution in [2.45, 2.75) is 13.0 Å². The van der Waals surface area contributed by atoms with Crippen LogP contribution in [0.15, 0.2) is 24.3 Å². The molecular weight excluding hydrogens is 278 g/mol. The van der Waals surface area contributed by atoms with E-state index in [0.717, 1.165) is 5.75 Å². The molecule has 0 heterocycles. The summed E-state index contributed by atoms with van der Waals surface area (Å²) in [4.78, 5) is 22.2. The molecule has 1 atom stereocenters. The number of methoxy groups -OCH3 is 1. The van der Waals surface area contributed by atoms with Crippen LogP contribution in [0.4, 0.5) is 0 Å². The molecule has 0 spiro atoms. The van der Waals surface area contributed by atoms with Crippen molar-refractivity contribution in [1.82, 2.24) is 5.32 Å². The average Bonchev–Trinajstić information content (AvgIpc) is 2.47. The molecule has 0 aliphatic rings. The lowest BCUT2D eigenvalue weighted by molar-refractivity contribution is -0.148. The van der Waals surface area contributed by atoms with Gasteiger partial charge in [0.2, 0.25) is 0 Å². The van der Waals surface area contributed by atoms with E-state index in [1.807, 2.05) is 6.92 Å². The first-order chi connectivity index (χ1) is 10.1. The van der Waals surface area contributed by atoms with Crippen LogP contribution in [0.1, 0.15) is 6.92 Å². The summed E-state index contributed by atoms with van der Waals surface area (Å²) >= 11 is 0. The Labute approximate surface area is 122 Å².